The van der Waals surface area contributed by atoms with E-state index in [1.54, 1.807) is 0 Å². The normalized spacial score (nSPS) is 14.0. The van der Waals surface area contributed by atoms with E-state index in [4.69, 9.17) is 0 Å². The maximum Gasteiger partial charge on any atom is 0.278 e. The van der Waals surface area contributed by atoms with E-state index in [-0.39, 0.29) is 11.8 Å². The van der Waals surface area contributed by atoms with Crippen LogP contribution in [0, 0.1) is 13.8 Å². The Kier molecular flexibility index (Phi) is 6.60. The van der Waals surface area contributed by atoms with Gasteiger partial charge in [-0.15, -0.1) is 0 Å². The lowest BCUT2D eigenvalue weighted by Gasteiger charge is -2.21. The van der Waals surface area contributed by atoms with Gasteiger partial charge in [0.05, 0.1) is 5.57 Å². The molecule has 0 saturated heterocycles. The van der Waals surface area contributed by atoms with Crippen LogP contribution in [0.1, 0.15) is 43.9 Å². The number of aryl methyl sites for hydroxylation is 2. The number of rotatable bonds is 8. The van der Waals surface area contributed by atoms with E-state index in [1.165, 1.54) is 4.90 Å². The first-order valence-electron chi connectivity index (χ1n) is 10.7. The van der Waals surface area contributed by atoms with Gasteiger partial charge in [0.2, 0.25) is 0 Å². The number of nitrogens with one attached hydrogen (secondary N) is 1. The van der Waals surface area contributed by atoms with Gasteiger partial charge < -0.3 is 10.2 Å². The predicted octanol–water partition coefficient (Wildman–Crippen LogP) is 4.75. The van der Waals surface area contributed by atoms with Crippen molar-refractivity contribution in [1.29, 1.82) is 0 Å². The Morgan fingerprint density at radius 2 is 1.57 bits per heavy atom. The number of nitrogens with zero attached hydrogens (tertiary/aromatic N) is 2. The summed E-state index contributed by atoms with van der Waals surface area (Å²) < 4.78 is 0. The third-order valence-corrected chi connectivity index (χ3v) is 5.53. The summed E-state index contributed by atoms with van der Waals surface area (Å²) in [6.07, 6.45) is 0.726. The molecule has 1 aliphatic heterocycles. The number of hydrogen-bond donors (Lipinski definition) is 1. The van der Waals surface area contributed by atoms with Gasteiger partial charge in [0.15, 0.2) is 0 Å². The molecule has 5 heteroatoms. The molecule has 0 atom stereocenters. The molecule has 0 aromatic heterocycles. The first-order valence-corrected chi connectivity index (χ1v) is 10.7. The molecule has 0 radical (unpaired) electrons. The Hall–Kier alpha value is -3.08. The number of carbonyl (C=O) groups is 2. The highest BCUT2D eigenvalue weighted by Crippen LogP contribution is 2.33. The molecule has 30 heavy (non-hydrogen) atoms. The fraction of sp³-hybridized carbons (Fsp3) is 0.360. The first-order chi connectivity index (χ1) is 14.4. The Balaban J connectivity index is 2.01. The van der Waals surface area contributed by atoms with E-state index in [1.807, 2.05) is 63.2 Å². The molecule has 158 valence electrons. The van der Waals surface area contributed by atoms with Crippen molar-refractivity contribution in [3.05, 3.63) is 64.9 Å². The molecular weight excluding hydrogens is 374 g/mol. The Labute approximate surface area is 179 Å². The molecule has 0 saturated carbocycles. The van der Waals surface area contributed by atoms with Gasteiger partial charge in [0.25, 0.3) is 11.8 Å². The van der Waals surface area contributed by atoms with Crippen molar-refractivity contribution in [3.63, 3.8) is 0 Å². The largest absolute Gasteiger partial charge is 0.372 e. The Morgan fingerprint density at radius 1 is 0.900 bits per heavy atom. The molecule has 2 amide bonds. The molecular formula is C25H31N3O2. The molecule has 1 N–H and O–H groups in total. The standard InChI is InChI=1S/C25H31N3O2/c1-6-15-28-24(29)22(21-14-9-17(4)16-18(21)5)23(25(28)30)26-19-10-12-20(13-11-19)27(7-2)8-3/h9-14,16,26H,6-8,15H2,1-5H3. The fourth-order valence-electron chi connectivity index (χ4n) is 3.95. The van der Waals surface area contributed by atoms with Crippen LogP contribution in [0.3, 0.4) is 0 Å². The Bertz CT molecular complexity index is 972. The van der Waals surface area contributed by atoms with Gasteiger partial charge in [0.1, 0.15) is 5.70 Å². The zero-order valence-corrected chi connectivity index (χ0v) is 18.6. The molecule has 2 aromatic carbocycles. The molecule has 2 aromatic rings. The second-order valence-electron chi connectivity index (χ2n) is 7.67. The third-order valence-electron chi connectivity index (χ3n) is 5.53. The van der Waals surface area contributed by atoms with Crippen LogP contribution < -0.4 is 10.2 Å². The quantitative estimate of drug-likeness (QED) is 0.644. The highest BCUT2D eigenvalue weighted by Gasteiger charge is 2.39. The molecule has 5 nitrogen and oxygen atoms in total. The minimum Gasteiger partial charge on any atom is -0.372 e. The van der Waals surface area contributed by atoms with E-state index in [2.05, 4.69) is 24.1 Å². The van der Waals surface area contributed by atoms with Crippen LogP contribution in [-0.4, -0.2) is 36.3 Å². The van der Waals surface area contributed by atoms with Gasteiger partial charge >= 0.3 is 0 Å². The molecule has 0 fully saturated rings. The summed E-state index contributed by atoms with van der Waals surface area (Å²) in [5.41, 5.74) is 5.66. The van der Waals surface area contributed by atoms with Crippen molar-refractivity contribution in [2.24, 2.45) is 0 Å². The van der Waals surface area contributed by atoms with E-state index in [9.17, 15) is 9.59 Å². The molecule has 0 aliphatic carbocycles. The number of imide groups is 1. The summed E-state index contributed by atoms with van der Waals surface area (Å²) in [7, 11) is 0. The summed E-state index contributed by atoms with van der Waals surface area (Å²) >= 11 is 0. The molecule has 1 aliphatic rings. The zero-order chi connectivity index (χ0) is 21.8. The topological polar surface area (TPSA) is 52.7 Å². The fourth-order valence-corrected chi connectivity index (χ4v) is 3.95. The number of hydrogen-bond acceptors (Lipinski definition) is 4. The average Bonchev–Trinajstić information content (AvgIpc) is 2.95. The number of anilines is 2. The third kappa shape index (κ3) is 4.11. The summed E-state index contributed by atoms with van der Waals surface area (Å²) in [6.45, 7) is 12.5. The minimum atomic E-state index is -0.260. The molecule has 1 heterocycles. The summed E-state index contributed by atoms with van der Waals surface area (Å²) in [5.74, 6) is -0.485. The van der Waals surface area contributed by atoms with E-state index in [0.717, 1.165) is 47.6 Å². The van der Waals surface area contributed by atoms with Crippen LogP contribution in [0.4, 0.5) is 11.4 Å². The van der Waals surface area contributed by atoms with Gasteiger partial charge in [-0.25, -0.2) is 0 Å². The molecule has 0 bridgehead atoms. The Morgan fingerprint density at radius 3 is 2.13 bits per heavy atom. The number of carbonyl (C=O) groups excluding carboxylic acids is 2. The van der Waals surface area contributed by atoms with Gasteiger partial charge in [-0.05, 0) is 69.5 Å². The van der Waals surface area contributed by atoms with Gasteiger partial charge in [-0.2, -0.15) is 0 Å². The van der Waals surface area contributed by atoms with E-state index >= 15 is 0 Å². The van der Waals surface area contributed by atoms with Crippen LogP contribution in [0.25, 0.3) is 5.57 Å². The molecule has 0 spiro atoms. The maximum absolute atomic E-state index is 13.2. The zero-order valence-electron chi connectivity index (χ0n) is 18.6. The minimum absolute atomic E-state index is 0.226. The van der Waals surface area contributed by atoms with Crippen molar-refractivity contribution in [2.45, 2.75) is 41.0 Å². The van der Waals surface area contributed by atoms with Crippen LogP contribution in [0.5, 0.6) is 0 Å². The highest BCUT2D eigenvalue weighted by atomic mass is 16.2. The van der Waals surface area contributed by atoms with Crippen LogP contribution in [0.15, 0.2) is 48.2 Å². The first kappa shape index (κ1) is 21.6. The van der Waals surface area contributed by atoms with Crippen molar-refractivity contribution >= 4 is 28.8 Å². The summed E-state index contributed by atoms with van der Waals surface area (Å²) in [6, 6.07) is 14.0. The van der Waals surface area contributed by atoms with Crippen LogP contribution in [-0.2, 0) is 9.59 Å². The molecule has 3 rings (SSSR count). The summed E-state index contributed by atoms with van der Waals surface area (Å²) in [4.78, 5) is 29.9. The van der Waals surface area contributed by atoms with Crippen LogP contribution in [0.2, 0.25) is 0 Å². The second-order valence-corrected chi connectivity index (χ2v) is 7.67. The average molecular weight is 406 g/mol. The van der Waals surface area contributed by atoms with Crippen LogP contribution >= 0.6 is 0 Å². The molecule has 0 unspecified atom stereocenters. The van der Waals surface area contributed by atoms with Crippen molar-refractivity contribution < 1.29 is 9.59 Å². The number of amides is 2. The second kappa shape index (κ2) is 9.16. The summed E-state index contributed by atoms with van der Waals surface area (Å²) in [5, 5.41) is 3.25. The van der Waals surface area contributed by atoms with Crippen molar-refractivity contribution in [2.75, 3.05) is 29.9 Å². The smallest absolute Gasteiger partial charge is 0.278 e. The maximum atomic E-state index is 13.2. The lowest BCUT2D eigenvalue weighted by atomic mass is 9.97. The van der Waals surface area contributed by atoms with Gasteiger partial charge in [-0.3, -0.25) is 14.5 Å². The van der Waals surface area contributed by atoms with Crippen molar-refractivity contribution in [1.82, 2.24) is 4.90 Å². The SMILES string of the molecule is CCCN1C(=O)C(Nc2ccc(N(CC)CC)cc2)=C(c2ccc(C)cc2C)C1=O. The monoisotopic (exact) mass is 405 g/mol. The van der Waals surface area contributed by atoms with E-state index < -0.39 is 0 Å². The van der Waals surface area contributed by atoms with Crippen molar-refractivity contribution in [3.8, 4) is 0 Å². The predicted molar refractivity (Wildman–Crippen MR) is 123 cm³/mol. The lowest BCUT2D eigenvalue weighted by molar-refractivity contribution is -0.136. The van der Waals surface area contributed by atoms with Gasteiger partial charge in [0, 0.05) is 31.0 Å². The lowest BCUT2D eigenvalue weighted by Crippen LogP contribution is -2.33. The van der Waals surface area contributed by atoms with E-state index in [0.29, 0.717) is 17.8 Å². The highest BCUT2D eigenvalue weighted by molar-refractivity contribution is 6.36. The number of benzene rings is 2. The van der Waals surface area contributed by atoms with Gasteiger partial charge in [-0.1, -0.05) is 30.7 Å².